The Bertz CT molecular complexity index is 1400. The van der Waals surface area contributed by atoms with E-state index in [9.17, 15) is 18.5 Å². The zero-order valence-electron chi connectivity index (χ0n) is 17.3. The lowest BCUT2D eigenvalue weighted by atomic mass is 10.1. The smallest absolute Gasteiger partial charge is 0.269 e. The van der Waals surface area contributed by atoms with Crippen molar-refractivity contribution in [3.63, 3.8) is 0 Å². The number of rotatable bonds is 8. The molecule has 168 valence electrons. The number of thiazole rings is 1. The zero-order valence-corrected chi connectivity index (χ0v) is 19.8. The number of nitro groups is 1. The Balaban J connectivity index is 1.48. The van der Waals surface area contributed by atoms with Crippen LogP contribution in [0, 0.1) is 10.1 Å². The van der Waals surface area contributed by atoms with E-state index in [4.69, 9.17) is 4.98 Å². The number of sulfonamides is 1. The van der Waals surface area contributed by atoms with Gasteiger partial charge in [-0.15, -0.1) is 23.1 Å². The highest BCUT2D eigenvalue weighted by Crippen LogP contribution is 2.32. The van der Waals surface area contributed by atoms with Crippen molar-refractivity contribution < 1.29 is 13.3 Å². The van der Waals surface area contributed by atoms with E-state index in [1.807, 2.05) is 23.6 Å². The summed E-state index contributed by atoms with van der Waals surface area (Å²) in [5, 5.41) is 14.4. The lowest BCUT2D eigenvalue weighted by Gasteiger charge is -2.05. The highest BCUT2D eigenvalue weighted by Gasteiger charge is 2.10. The molecule has 0 fully saturated rings. The van der Waals surface area contributed by atoms with Crippen molar-refractivity contribution in [3.8, 4) is 21.8 Å². The second-order valence-electron chi connectivity index (χ2n) is 7.09. The fraction of sp³-hybridized carbons (Fsp3) is 0.0909. The van der Waals surface area contributed by atoms with Gasteiger partial charge >= 0.3 is 0 Å². The first-order valence-electron chi connectivity index (χ1n) is 9.63. The average molecular weight is 499 g/mol. The first-order chi connectivity index (χ1) is 15.8. The van der Waals surface area contributed by atoms with Crippen molar-refractivity contribution in [1.29, 1.82) is 0 Å². The van der Waals surface area contributed by atoms with Crippen molar-refractivity contribution in [2.75, 3.05) is 11.0 Å². The number of pyridine rings is 1. The highest BCUT2D eigenvalue weighted by atomic mass is 32.2. The second-order valence-corrected chi connectivity index (χ2v) is 10.7. The molecule has 0 bridgehead atoms. The lowest BCUT2D eigenvalue weighted by molar-refractivity contribution is -0.384. The van der Waals surface area contributed by atoms with Crippen LogP contribution in [0.1, 0.15) is 5.56 Å². The third-order valence-electron chi connectivity index (χ3n) is 4.48. The molecule has 0 saturated heterocycles. The molecule has 0 spiro atoms. The largest absolute Gasteiger partial charge is 0.284 e. The zero-order chi connectivity index (χ0) is 23.4. The summed E-state index contributed by atoms with van der Waals surface area (Å²) in [5.74, 6) is 0.637. The van der Waals surface area contributed by atoms with Gasteiger partial charge in [-0.2, -0.15) is 0 Å². The van der Waals surface area contributed by atoms with Gasteiger partial charge in [0.05, 0.1) is 21.9 Å². The topological polar surface area (TPSA) is 115 Å². The van der Waals surface area contributed by atoms with Gasteiger partial charge in [-0.1, -0.05) is 24.3 Å². The molecule has 11 heteroatoms. The number of hydrogen-bond acceptors (Lipinski definition) is 8. The van der Waals surface area contributed by atoms with Gasteiger partial charge in [0.15, 0.2) is 0 Å². The standard InChI is InChI=1S/C22H18N4O4S3/c1-33(29,30)25-18-4-2-3-16(11-18)20-14-32-22(24-20)17-9-10-23-21(12-17)31-13-15-5-7-19(8-6-15)26(27)28/h2-12,14,25H,13H2,1H3. The summed E-state index contributed by atoms with van der Waals surface area (Å²) in [7, 11) is -3.36. The molecule has 2 heterocycles. The molecule has 0 aliphatic heterocycles. The molecule has 1 N–H and O–H groups in total. The Kier molecular flexibility index (Phi) is 6.72. The van der Waals surface area contributed by atoms with Crippen LogP contribution in [0.15, 0.2) is 77.3 Å². The number of nitro benzene ring substituents is 1. The predicted molar refractivity (Wildman–Crippen MR) is 132 cm³/mol. The predicted octanol–water partition coefficient (Wildman–Crippen LogP) is 5.44. The van der Waals surface area contributed by atoms with Crippen molar-refractivity contribution in [1.82, 2.24) is 9.97 Å². The maximum absolute atomic E-state index is 11.5. The van der Waals surface area contributed by atoms with Gasteiger partial charge in [-0.05, 0) is 29.8 Å². The number of thioether (sulfide) groups is 1. The fourth-order valence-corrected chi connectivity index (χ4v) is 5.22. The summed E-state index contributed by atoms with van der Waals surface area (Å²) in [4.78, 5) is 19.5. The number of hydrogen-bond donors (Lipinski definition) is 1. The molecule has 2 aromatic heterocycles. The molecule has 0 atom stereocenters. The van der Waals surface area contributed by atoms with E-state index in [2.05, 4.69) is 9.71 Å². The number of benzene rings is 2. The maximum atomic E-state index is 11.5. The molecule has 2 aromatic carbocycles. The summed E-state index contributed by atoms with van der Waals surface area (Å²) in [5.41, 5.74) is 4.02. The van der Waals surface area contributed by atoms with Crippen LogP contribution in [-0.4, -0.2) is 29.6 Å². The molecule has 0 unspecified atom stereocenters. The third kappa shape index (κ3) is 6.15. The molecule has 8 nitrogen and oxygen atoms in total. The number of nitrogens with one attached hydrogen (secondary N) is 1. The van der Waals surface area contributed by atoms with E-state index in [1.165, 1.54) is 35.2 Å². The Morgan fingerprint density at radius 3 is 2.61 bits per heavy atom. The molecular weight excluding hydrogens is 480 g/mol. The van der Waals surface area contributed by atoms with Gasteiger partial charge in [-0.25, -0.2) is 18.4 Å². The van der Waals surface area contributed by atoms with E-state index in [-0.39, 0.29) is 5.69 Å². The number of aromatic nitrogens is 2. The first-order valence-corrected chi connectivity index (χ1v) is 13.4. The molecule has 4 aromatic rings. The second kappa shape index (κ2) is 9.69. The van der Waals surface area contributed by atoms with E-state index < -0.39 is 14.9 Å². The van der Waals surface area contributed by atoms with Crippen molar-refractivity contribution >= 4 is 44.5 Å². The van der Waals surface area contributed by atoms with Gasteiger partial charge in [0, 0.05) is 46.3 Å². The van der Waals surface area contributed by atoms with Crippen LogP contribution in [0.3, 0.4) is 0 Å². The van der Waals surface area contributed by atoms with Crippen LogP contribution in [0.5, 0.6) is 0 Å². The molecule has 33 heavy (non-hydrogen) atoms. The minimum absolute atomic E-state index is 0.0704. The normalized spacial score (nSPS) is 11.3. The van der Waals surface area contributed by atoms with Crippen molar-refractivity contribution in [2.45, 2.75) is 10.8 Å². The first kappa shape index (κ1) is 22.9. The van der Waals surface area contributed by atoms with Gasteiger partial charge in [-0.3, -0.25) is 14.8 Å². The van der Waals surface area contributed by atoms with Crippen LogP contribution in [0.2, 0.25) is 0 Å². The van der Waals surface area contributed by atoms with Gasteiger partial charge in [0.1, 0.15) is 5.01 Å². The Labute approximate surface area is 198 Å². The molecule has 0 radical (unpaired) electrons. The molecule has 4 rings (SSSR count). The lowest BCUT2D eigenvalue weighted by Crippen LogP contribution is -2.09. The number of non-ortho nitro benzene ring substituents is 1. The quantitative estimate of drug-likeness (QED) is 0.195. The van der Waals surface area contributed by atoms with Crippen LogP contribution in [0.4, 0.5) is 11.4 Å². The molecule has 0 saturated carbocycles. The van der Waals surface area contributed by atoms with Crippen LogP contribution < -0.4 is 4.72 Å². The van der Waals surface area contributed by atoms with Gasteiger partial charge < -0.3 is 0 Å². The summed E-state index contributed by atoms with van der Waals surface area (Å²) in [6.07, 6.45) is 2.84. The monoisotopic (exact) mass is 498 g/mol. The summed E-state index contributed by atoms with van der Waals surface area (Å²) >= 11 is 3.03. The fourth-order valence-electron chi connectivity index (χ4n) is 2.99. The average Bonchev–Trinajstić information content (AvgIpc) is 3.28. The number of anilines is 1. The molecule has 0 aliphatic carbocycles. The summed E-state index contributed by atoms with van der Waals surface area (Å²) in [6.45, 7) is 0. The summed E-state index contributed by atoms with van der Waals surface area (Å²) in [6, 6.07) is 17.4. The maximum Gasteiger partial charge on any atom is 0.269 e. The van der Waals surface area contributed by atoms with Crippen molar-refractivity contribution in [2.24, 2.45) is 0 Å². The minimum atomic E-state index is -3.36. The Morgan fingerprint density at radius 2 is 1.88 bits per heavy atom. The Hall–Kier alpha value is -3.28. The van der Waals surface area contributed by atoms with Gasteiger partial charge in [0.25, 0.3) is 5.69 Å². The number of nitrogens with zero attached hydrogens (tertiary/aromatic N) is 3. The third-order valence-corrected chi connectivity index (χ3v) is 6.98. The Morgan fingerprint density at radius 1 is 1.09 bits per heavy atom. The van der Waals surface area contributed by atoms with Crippen molar-refractivity contribution in [3.05, 3.63) is 87.9 Å². The molecule has 0 aliphatic rings. The van der Waals surface area contributed by atoms with E-state index in [1.54, 1.807) is 36.5 Å². The molecule has 0 amide bonds. The highest BCUT2D eigenvalue weighted by molar-refractivity contribution is 7.98. The van der Waals surface area contributed by atoms with E-state index in [0.717, 1.165) is 38.7 Å². The van der Waals surface area contributed by atoms with Crippen LogP contribution in [-0.2, 0) is 15.8 Å². The minimum Gasteiger partial charge on any atom is -0.284 e. The van der Waals surface area contributed by atoms with Gasteiger partial charge in [0.2, 0.25) is 10.0 Å². The van der Waals surface area contributed by atoms with E-state index in [0.29, 0.717) is 11.4 Å². The van der Waals surface area contributed by atoms with Crippen LogP contribution >= 0.6 is 23.1 Å². The van der Waals surface area contributed by atoms with Crippen LogP contribution in [0.25, 0.3) is 21.8 Å². The SMILES string of the molecule is CS(=O)(=O)Nc1cccc(-c2csc(-c3ccnc(SCc4ccc([N+](=O)[O-])cc4)c3)n2)c1. The molecular formula is C22H18N4O4S3. The van der Waals surface area contributed by atoms with E-state index >= 15 is 0 Å². The summed E-state index contributed by atoms with van der Waals surface area (Å²) < 4.78 is 25.5.